The van der Waals surface area contributed by atoms with Gasteiger partial charge in [-0.1, -0.05) is 19.1 Å². The van der Waals surface area contributed by atoms with Crippen molar-refractivity contribution in [1.29, 1.82) is 0 Å². The van der Waals surface area contributed by atoms with Crippen molar-refractivity contribution in [2.45, 2.75) is 50.1 Å². The molecular formula is C15H24N2O2S. The van der Waals surface area contributed by atoms with Crippen molar-refractivity contribution in [3.63, 3.8) is 0 Å². The summed E-state index contributed by atoms with van der Waals surface area (Å²) in [6, 6.07) is 8.06. The summed E-state index contributed by atoms with van der Waals surface area (Å²) in [5.41, 5.74) is 0.750. The maximum Gasteiger partial charge on any atom is 0.180 e. The van der Waals surface area contributed by atoms with Crippen LogP contribution in [0.1, 0.15) is 33.1 Å². The van der Waals surface area contributed by atoms with Crippen molar-refractivity contribution >= 4 is 15.5 Å². The summed E-state index contributed by atoms with van der Waals surface area (Å²) in [6.07, 6.45) is 2.68. The summed E-state index contributed by atoms with van der Waals surface area (Å²) in [5.74, 6) is 0.203. The smallest absolute Gasteiger partial charge is 0.180 e. The Kier molecular flexibility index (Phi) is 5.05. The van der Waals surface area contributed by atoms with Crippen LogP contribution in [0.25, 0.3) is 0 Å². The maximum absolute atomic E-state index is 12.3. The molecule has 0 radical (unpaired) electrons. The zero-order chi connectivity index (χ0) is 14.6. The molecule has 0 aliphatic carbocycles. The molecule has 0 aromatic heterocycles. The second kappa shape index (κ2) is 6.59. The molecule has 0 amide bonds. The SMILES string of the molecule is CCCS(=O)(=O)c1ccccc1NC1CCNC(C)C1. The van der Waals surface area contributed by atoms with Gasteiger partial charge >= 0.3 is 0 Å². The highest BCUT2D eigenvalue weighted by molar-refractivity contribution is 7.91. The summed E-state index contributed by atoms with van der Waals surface area (Å²) in [4.78, 5) is 0.438. The molecule has 2 N–H and O–H groups in total. The number of anilines is 1. The Morgan fingerprint density at radius 3 is 2.80 bits per heavy atom. The van der Waals surface area contributed by atoms with Crippen LogP contribution in [-0.2, 0) is 9.84 Å². The summed E-state index contributed by atoms with van der Waals surface area (Å²) >= 11 is 0. The molecule has 1 heterocycles. The molecule has 0 spiro atoms. The number of hydrogen-bond donors (Lipinski definition) is 2. The predicted octanol–water partition coefficient (Wildman–Crippen LogP) is 2.42. The highest BCUT2D eigenvalue weighted by Crippen LogP contribution is 2.25. The predicted molar refractivity (Wildman–Crippen MR) is 82.9 cm³/mol. The summed E-state index contributed by atoms with van der Waals surface area (Å²) in [6.45, 7) is 5.03. The zero-order valence-corrected chi connectivity index (χ0v) is 13.0. The molecule has 0 saturated carbocycles. The van der Waals surface area contributed by atoms with E-state index in [9.17, 15) is 8.42 Å². The minimum absolute atomic E-state index is 0.203. The Labute approximate surface area is 121 Å². The quantitative estimate of drug-likeness (QED) is 0.876. The molecule has 20 heavy (non-hydrogen) atoms. The van der Waals surface area contributed by atoms with Crippen LogP contribution in [-0.4, -0.2) is 32.8 Å². The first kappa shape index (κ1) is 15.3. The van der Waals surface area contributed by atoms with Gasteiger partial charge in [0.15, 0.2) is 9.84 Å². The van der Waals surface area contributed by atoms with Gasteiger partial charge in [0.2, 0.25) is 0 Å². The highest BCUT2D eigenvalue weighted by Gasteiger charge is 2.22. The summed E-state index contributed by atoms with van der Waals surface area (Å²) in [7, 11) is -3.18. The molecule has 0 bridgehead atoms. The van der Waals surface area contributed by atoms with Gasteiger partial charge in [0, 0.05) is 12.1 Å². The van der Waals surface area contributed by atoms with Crippen LogP contribution < -0.4 is 10.6 Å². The van der Waals surface area contributed by atoms with E-state index in [0.717, 1.165) is 25.1 Å². The molecule has 112 valence electrons. The fourth-order valence-corrected chi connectivity index (χ4v) is 4.22. The van der Waals surface area contributed by atoms with E-state index in [1.54, 1.807) is 12.1 Å². The van der Waals surface area contributed by atoms with E-state index in [-0.39, 0.29) is 5.75 Å². The van der Waals surface area contributed by atoms with E-state index in [1.807, 2.05) is 19.1 Å². The van der Waals surface area contributed by atoms with Gasteiger partial charge in [-0.3, -0.25) is 0 Å². The highest BCUT2D eigenvalue weighted by atomic mass is 32.2. The first-order valence-electron chi connectivity index (χ1n) is 7.34. The number of sulfone groups is 1. The molecular weight excluding hydrogens is 272 g/mol. The van der Waals surface area contributed by atoms with Crippen LogP contribution in [0.3, 0.4) is 0 Å². The van der Waals surface area contributed by atoms with Crippen LogP contribution in [0.5, 0.6) is 0 Å². The fraction of sp³-hybridized carbons (Fsp3) is 0.600. The van der Waals surface area contributed by atoms with Crippen molar-refractivity contribution in [1.82, 2.24) is 5.32 Å². The van der Waals surface area contributed by atoms with Crippen LogP contribution in [0.4, 0.5) is 5.69 Å². The lowest BCUT2D eigenvalue weighted by Crippen LogP contribution is -2.41. The van der Waals surface area contributed by atoms with Crippen LogP contribution in [0, 0.1) is 0 Å². The molecule has 1 fully saturated rings. The van der Waals surface area contributed by atoms with Crippen molar-refractivity contribution in [2.75, 3.05) is 17.6 Å². The number of rotatable bonds is 5. The van der Waals surface area contributed by atoms with Gasteiger partial charge in [0.05, 0.1) is 16.3 Å². The van der Waals surface area contributed by atoms with E-state index < -0.39 is 9.84 Å². The zero-order valence-electron chi connectivity index (χ0n) is 12.2. The Morgan fingerprint density at radius 1 is 1.35 bits per heavy atom. The van der Waals surface area contributed by atoms with Gasteiger partial charge in [0.1, 0.15) is 0 Å². The average molecular weight is 296 g/mol. The van der Waals surface area contributed by atoms with Gasteiger partial charge in [-0.2, -0.15) is 0 Å². The molecule has 1 aliphatic heterocycles. The lowest BCUT2D eigenvalue weighted by Gasteiger charge is -2.30. The molecule has 1 saturated heterocycles. The van der Waals surface area contributed by atoms with Gasteiger partial charge in [-0.25, -0.2) is 8.42 Å². The molecule has 5 heteroatoms. The lowest BCUT2D eigenvalue weighted by atomic mass is 10.0. The second-order valence-corrected chi connectivity index (χ2v) is 7.61. The molecule has 1 aromatic rings. The molecule has 2 atom stereocenters. The molecule has 2 unspecified atom stereocenters. The molecule has 1 aliphatic rings. The molecule has 2 rings (SSSR count). The number of nitrogens with one attached hydrogen (secondary N) is 2. The minimum Gasteiger partial charge on any atom is -0.381 e. The van der Waals surface area contributed by atoms with Crippen molar-refractivity contribution in [3.05, 3.63) is 24.3 Å². The van der Waals surface area contributed by atoms with E-state index in [1.165, 1.54) is 0 Å². The van der Waals surface area contributed by atoms with E-state index in [4.69, 9.17) is 0 Å². The molecule has 1 aromatic carbocycles. The average Bonchev–Trinajstić information content (AvgIpc) is 2.39. The first-order chi connectivity index (χ1) is 9.53. The van der Waals surface area contributed by atoms with E-state index >= 15 is 0 Å². The Bertz CT molecular complexity index is 543. The second-order valence-electron chi connectivity index (χ2n) is 5.54. The topological polar surface area (TPSA) is 58.2 Å². The maximum atomic E-state index is 12.3. The van der Waals surface area contributed by atoms with E-state index in [0.29, 0.717) is 23.4 Å². The Balaban J connectivity index is 2.20. The van der Waals surface area contributed by atoms with Gasteiger partial charge in [0.25, 0.3) is 0 Å². The number of para-hydroxylation sites is 1. The Morgan fingerprint density at radius 2 is 2.10 bits per heavy atom. The van der Waals surface area contributed by atoms with Crippen molar-refractivity contribution in [2.24, 2.45) is 0 Å². The van der Waals surface area contributed by atoms with E-state index in [2.05, 4.69) is 17.6 Å². The van der Waals surface area contributed by atoms with Crippen molar-refractivity contribution < 1.29 is 8.42 Å². The van der Waals surface area contributed by atoms with Gasteiger partial charge in [-0.05, 0) is 44.9 Å². The largest absolute Gasteiger partial charge is 0.381 e. The number of benzene rings is 1. The minimum atomic E-state index is -3.18. The normalized spacial score (nSPS) is 23.5. The van der Waals surface area contributed by atoms with Crippen LogP contribution in [0.15, 0.2) is 29.2 Å². The first-order valence-corrected chi connectivity index (χ1v) is 9.00. The van der Waals surface area contributed by atoms with Crippen molar-refractivity contribution in [3.8, 4) is 0 Å². The fourth-order valence-electron chi connectivity index (χ4n) is 2.72. The van der Waals surface area contributed by atoms with Gasteiger partial charge < -0.3 is 10.6 Å². The summed E-state index contributed by atoms with van der Waals surface area (Å²) in [5, 5.41) is 6.83. The Hall–Kier alpha value is -1.07. The number of hydrogen-bond acceptors (Lipinski definition) is 4. The number of piperidine rings is 1. The lowest BCUT2D eigenvalue weighted by molar-refractivity contribution is 0.396. The van der Waals surface area contributed by atoms with Crippen LogP contribution >= 0.6 is 0 Å². The summed E-state index contributed by atoms with van der Waals surface area (Å²) < 4.78 is 24.6. The monoisotopic (exact) mass is 296 g/mol. The third-order valence-electron chi connectivity index (χ3n) is 3.68. The third-order valence-corrected chi connectivity index (χ3v) is 5.65. The third kappa shape index (κ3) is 3.73. The van der Waals surface area contributed by atoms with Crippen LogP contribution in [0.2, 0.25) is 0 Å². The standard InChI is InChI=1S/C15H24N2O2S/c1-3-10-20(18,19)15-7-5-4-6-14(15)17-13-8-9-16-12(2)11-13/h4-7,12-13,16-17H,3,8-11H2,1-2H3. The molecule has 4 nitrogen and oxygen atoms in total. The van der Waals surface area contributed by atoms with Gasteiger partial charge in [-0.15, -0.1) is 0 Å².